The molecule has 2 aromatic carbocycles. The van der Waals surface area contributed by atoms with Crippen LogP contribution in [0, 0.1) is 0 Å². The van der Waals surface area contributed by atoms with Gasteiger partial charge in [-0.05, 0) is 53.4 Å². The molecule has 0 bridgehead atoms. The third-order valence-electron chi connectivity index (χ3n) is 6.18. The number of hydrogen-bond donors (Lipinski definition) is 1. The molecule has 38 heavy (non-hydrogen) atoms. The van der Waals surface area contributed by atoms with Gasteiger partial charge in [0.25, 0.3) is 11.8 Å². The largest absolute Gasteiger partial charge is 0.481 e. The molecule has 0 aliphatic heterocycles. The number of aromatic nitrogens is 2. The minimum Gasteiger partial charge on any atom is -0.481 e. The van der Waals surface area contributed by atoms with Gasteiger partial charge in [-0.1, -0.05) is 48.5 Å². The minimum absolute atomic E-state index is 0.0613. The Bertz CT molecular complexity index is 1410. The van der Waals surface area contributed by atoms with Crippen molar-refractivity contribution in [3.63, 3.8) is 0 Å². The lowest BCUT2D eigenvalue weighted by Gasteiger charge is -2.24. The second-order valence-corrected chi connectivity index (χ2v) is 8.69. The highest BCUT2D eigenvalue weighted by atomic mass is 16.4. The fraction of sp³-hybridized carbons (Fsp3) is 0.167. The zero-order valence-electron chi connectivity index (χ0n) is 21.0. The number of carbonyl (C=O) groups is 3. The fourth-order valence-corrected chi connectivity index (χ4v) is 4.17. The van der Waals surface area contributed by atoms with E-state index in [-0.39, 0.29) is 24.8 Å². The lowest BCUT2D eigenvalue weighted by atomic mass is 9.94. The molecule has 2 aromatic heterocycles. The van der Waals surface area contributed by atoms with Crippen LogP contribution in [0.2, 0.25) is 0 Å². The molecule has 0 saturated heterocycles. The first-order chi connectivity index (χ1) is 18.5. The summed E-state index contributed by atoms with van der Waals surface area (Å²) in [6.07, 6.45) is 5.39. The standard InChI is InChI=1S/C30H28N4O4/c1-33(27-14-6-7-18-32-27)29(37)25-12-4-2-10-23(25)24-11-3-5-13-26(24)30(38)34(20-16-28(35)36)19-15-22-9-8-17-31-21-22/h2-14,17-18,21H,15-16,19-20H2,1H3,(H,35,36). The van der Waals surface area contributed by atoms with E-state index >= 15 is 0 Å². The predicted octanol–water partition coefficient (Wildman–Crippen LogP) is 4.58. The first kappa shape index (κ1) is 26.2. The van der Waals surface area contributed by atoms with Gasteiger partial charge < -0.3 is 10.0 Å². The quantitative estimate of drug-likeness (QED) is 0.336. The maximum Gasteiger partial charge on any atom is 0.305 e. The summed E-state index contributed by atoms with van der Waals surface area (Å²) in [5.74, 6) is -1.04. The molecule has 0 spiro atoms. The predicted molar refractivity (Wildman–Crippen MR) is 145 cm³/mol. The molecule has 0 aliphatic rings. The molecule has 0 saturated carbocycles. The van der Waals surface area contributed by atoms with Crippen LogP contribution in [0.15, 0.2) is 97.5 Å². The number of aliphatic carboxylic acids is 1. The van der Waals surface area contributed by atoms with Crippen LogP contribution in [-0.4, -0.2) is 57.9 Å². The van der Waals surface area contributed by atoms with Gasteiger partial charge in [-0.25, -0.2) is 4.98 Å². The van der Waals surface area contributed by atoms with Crippen molar-refractivity contribution in [2.75, 3.05) is 25.0 Å². The molecule has 0 radical (unpaired) electrons. The van der Waals surface area contributed by atoms with Crippen LogP contribution in [0.5, 0.6) is 0 Å². The van der Waals surface area contributed by atoms with Gasteiger partial charge in [0.2, 0.25) is 0 Å². The summed E-state index contributed by atoms with van der Waals surface area (Å²) in [6.45, 7) is 0.390. The Morgan fingerprint density at radius 1 is 0.763 bits per heavy atom. The van der Waals surface area contributed by atoms with Crippen molar-refractivity contribution in [1.29, 1.82) is 0 Å². The number of carboxylic acid groups (broad SMARTS) is 1. The number of anilines is 1. The van der Waals surface area contributed by atoms with Crippen LogP contribution in [0.1, 0.15) is 32.7 Å². The lowest BCUT2D eigenvalue weighted by Crippen LogP contribution is -2.35. The Balaban J connectivity index is 1.67. The molecular formula is C30H28N4O4. The van der Waals surface area contributed by atoms with Gasteiger partial charge in [-0.3, -0.25) is 24.3 Å². The average Bonchev–Trinajstić information content (AvgIpc) is 2.97. The third kappa shape index (κ3) is 6.28. The Kier molecular flexibility index (Phi) is 8.56. The van der Waals surface area contributed by atoms with E-state index < -0.39 is 5.97 Å². The van der Waals surface area contributed by atoms with Crippen molar-refractivity contribution in [1.82, 2.24) is 14.9 Å². The van der Waals surface area contributed by atoms with Crippen LogP contribution in [-0.2, 0) is 11.2 Å². The molecule has 0 unspecified atom stereocenters. The summed E-state index contributed by atoms with van der Waals surface area (Å²) in [5.41, 5.74) is 2.97. The first-order valence-electron chi connectivity index (χ1n) is 12.2. The number of benzene rings is 2. The van der Waals surface area contributed by atoms with Crippen molar-refractivity contribution in [3.8, 4) is 11.1 Å². The van der Waals surface area contributed by atoms with E-state index in [0.29, 0.717) is 41.0 Å². The van der Waals surface area contributed by atoms with Crippen molar-refractivity contribution < 1.29 is 19.5 Å². The van der Waals surface area contributed by atoms with E-state index in [0.717, 1.165) is 5.56 Å². The minimum atomic E-state index is -0.981. The van der Waals surface area contributed by atoms with Crippen molar-refractivity contribution in [3.05, 3.63) is 114 Å². The summed E-state index contributed by atoms with van der Waals surface area (Å²) >= 11 is 0. The van der Waals surface area contributed by atoms with Crippen LogP contribution in [0.4, 0.5) is 5.82 Å². The number of carbonyl (C=O) groups excluding carboxylic acids is 2. The van der Waals surface area contributed by atoms with E-state index in [2.05, 4.69) is 9.97 Å². The van der Waals surface area contributed by atoms with Crippen LogP contribution < -0.4 is 4.90 Å². The molecule has 192 valence electrons. The molecule has 2 heterocycles. The second-order valence-electron chi connectivity index (χ2n) is 8.69. The van der Waals surface area contributed by atoms with Gasteiger partial charge in [0.1, 0.15) is 5.82 Å². The zero-order valence-corrected chi connectivity index (χ0v) is 21.0. The highest BCUT2D eigenvalue weighted by molar-refractivity contribution is 6.11. The SMILES string of the molecule is CN(C(=O)c1ccccc1-c1ccccc1C(=O)N(CCC(=O)O)CCc1cccnc1)c1ccccn1. The normalized spacial score (nSPS) is 10.6. The highest BCUT2D eigenvalue weighted by Crippen LogP contribution is 2.29. The third-order valence-corrected chi connectivity index (χ3v) is 6.18. The number of rotatable bonds is 10. The number of hydrogen-bond acceptors (Lipinski definition) is 5. The topological polar surface area (TPSA) is 104 Å². The van der Waals surface area contributed by atoms with Gasteiger partial charge in [0, 0.05) is 49.9 Å². The van der Waals surface area contributed by atoms with Gasteiger partial charge in [0.15, 0.2) is 0 Å². The fourth-order valence-electron chi connectivity index (χ4n) is 4.17. The molecule has 2 amide bonds. The van der Waals surface area contributed by atoms with Crippen LogP contribution >= 0.6 is 0 Å². The summed E-state index contributed by atoms with van der Waals surface area (Å²) < 4.78 is 0. The highest BCUT2D eigenvalue weighted by Gasteiger charge is 2.24. The molecule has 1 N–H and O–H groups in total. The molecule has 8 heteroatoms. The Labute approximate surface area is 221 Å². The number of amides is 2. The van der Waals surface area contributed by atoms with Crippen LogP contribution in [0.25, 0.3) is 11.1 Å². The summed E-state index contributed by atoms with van der Waals surface area (Å²) in [6, 6.07) is 23.3. The molecular weight excluding hydrogens is 480 g/mol. The van der Waals surface area contributed by atoms with Crippen LogP contribution in [0.3, 0.4) is 0 Å². The Morgan fingerprint density at radius 2 is 1.42 bits per heavy atom. The summed E-state index contributed by atoms with van der Waals surface area (Å²) in [7, 11) is 1.66. The van der Waals surface area contributed by atoms with Crippen molar-refractivity contribution in [2.24, 2.45) is 0 Å². The maximum atomic E-state index is 13.8. The van der Waals surface area contributed by atoms with E-state index in [1.165, 1.54) is 4.90 Å². The molecule has 0 fully saturated rings. The van der Waals surface area contributed by atoms with E-state index in [4.69, 9.17) is 0 Å². The maximum absolute atomic E-state index is 13.8. The van der Waals surface area contributed by atoms with Gasteiger partial charge in [-0.2, -0.15) is 0 Å². The number of nitrogens with zero attached hydrogens (tertiary/aromatic N) is 4. The van der Waals surface area contributed by atoms with Gasteiger partial charge in [0.05, 0.1) is 6.42 Å². The Morgan fingerprint density at radius 3 is 2.03 bits per heavy atom. The van der Waals surface area contributed by atoms with Crippen molar-refractivity contribution in [2.45, 2.75) is 12.8 Å². The summed E-state index contributed by atoms with van der Waals surface area (Å²) in [5, 5.41) is 9.28. The van der Waals surface area contributed by atoms with E-state index in [9.17, 15) is 19.5 Å². The smallest absolute Gasteiger partial charge is 0.305 e. The average molecular weight is 509 g/mol. The second kappa shape index (κ2) is 12.4. The lowest BCUT2D eigenvalue weighted by molar-refractivity contribution is -0.137. The van der Waals surface area contributed by atoms with E-state index in [1.807, 2.05) is 36.4 Å². The van der Waals surface area contributed by atoms with E-state index in [1.54, 1.807) is 73.0 Å². The molecule has 4 aromatic rings. The summed E-state index contributed by atoms with van der Waals surface area (Å²) in [4.78, 5) is 50.1. The molecule has 0 atom stereocenters. The van der Waals surface area contributed by atoms with Gasteiger partial charge in [-0.15, -0.1) is 0 Å². The van der Waals surface area contributed by atoms with Crippen molar-refractivity contribution >= 4 is 23.6 Å². The first-order valence-corrected chi connectivity index (χ1v) is 12.2. The molecule has 0 aliphatic carbocycles. The van der Waals surface area contributed by atoms with Gasteiger partial charge >= 0.3 is 5.97 Å². The molecule has 8 nitrogen and oxygen atoms in total. The zero-order chi connectivity index (χ0) is 26.9. The number of carboxylic acids is 1. The number of pyridine rings is 2. The Hall–Kier alpha value is -4.85. The molecule has 4 rings (SSSR count). The monoisotopic (exact) mass is 508 g/mol.